The second-order valence-electron chi connectivity index (χ2n) is 5.87. The fourth-order valence-corrected chi connectivity index (χ4v) is 2.89. The van der Waals surface area contributed by atoms with Gasteiger partial charge in [0.05, 0.1) is 25.6 Å². The van der Waals surface area contributed by atoms with Gasteiger partial charge in [-0.1, -0.05) is 13.3 Å². The first-order chi connectivity index (χ1) is 12.1. The molecule has 0 bridgehead atoms. The van der Waals surface area contributed by atoms with Gasteiger partial charge >= 0.3 is 5.97 Å². The minimum atomic E-state index is -1.22. The van der Waals surface area contributed by atoms with E-state index in [0.717, 1.165) is 12.8 Å². The summed E-state index contributed by atoms with van der Waals surface area (Å²) >= 11 is 0. The fourth-order valence-electron chi connectivity index (χ4n) is 2.89. The van der Waals surface area contributed by atoms with E-state index in [1.165, 1.54) is 17.2 Å². The van der Waals surface area contributed by atoms with Crippen molar-refractivity contribution in [2.45, 2.75) is 38.2 Å². The van der Waals surface area contributed by atoms with Crippen LogP contribution in [0.15, 0.2) is 12.7 Å². The van der Waals surface area contributed by atoms with E-state index < -0.39 is 36.9 Å². The highest BCUT2D eigenvalue weighted by Crippen LogP contribution is 2.36. The Morgan fingerprint density at radius 1 is 1.44 bits per heavy atom. The number of unbranched alkanes of at least 4 members (excludes halogenated alkanes) is 1. The molecule has 0 radical (unpaired) electrons. The van der Waals surface area contributed by atoms with E-state index in [1.807, 2.05) is 6.92 Å². The quantitative estimate of drug-likeness (QED) is 0.468. The maximum atomic E-state index is 12.3. The van der Waals surface area contributed by atoms with Crippen molar-refractivity contribution in [3.05, 3.63) is 12.7 Å². The van der Waals surface area contributed by atoms with E-state index in [9.17, 15) is 15.0 Å². The maximum absolute atomic E-state index is 12.3. The number of esters is 1. The number of hydrogen-bond acceptors (Lipinski definition) is 9. The number of nitrogens with two attached hydrogens (primary N) is 1. The Labute approximate surface area is 143 Å². The number of imidazole rings is 1. The molecule has 25 heavy (non-hydrogen) atoms. The Morgan fingerprint density at radius 2 is 2.24 bits per heavy atom. The number of aromatic nitrogens is 4. The molecule has 1 saturated heterocycles. The van der Waals surface area contributed by atoms with Crippen LogP contribution in [0.5, 0.6) is 0 Å². The Hall–Kier alpha value is -2.30. The van der Waals surface area contributed by atoms with E-state index >= 15 is 0 Å². The summed E-state index contributed by atoms with van der Waals surface area (Å²) in [7, 11) is 0. The lowest BCUT2D eigenvalue weighted by Crippen LogP contribution is -2.36. The highest BCUT2D eigenvalue weighted by Gasteiger charge is 2.49. The number of aliphatic hydroxyl groups excluding tert-OH is 2. The number of ether oxygens (including phenoxy) is 2. The molecule has 0 aliphatic carbocycles. The molecule has 0 spiro atoms. The molecule has 0 amide bonds. The average Bonchev–Trinajstić information content (AvgIpc) is 3.16. The fraction of sp³-hybridized carbons (Fsp3) is 0.600. The Morgan fingerprint density at radius 3 is 2.96 bits per heavy atom. The molecule has 10 nitrogen and oxygen atoms in total. The SMILES string of the molecule is CCCCOC(=O)[C@@H]1[C@@H](CO)OC(n2cnc3c(N)ncnc32)[C@@H]1O. The number of hydrogen-bond donors (Lipinski definition) is 3. The minimum absolute atomic E-state index is 0.200. The van der Waals surface area contributed by atoms with Gasteiger partial charge in [-0.15, -0.1) is 0 Å². The van der Waals surface area contributed by atoms with Gasteiger partial charge < -0.3 is 25.4 Å². The lowest BCUT2D eigenvalue weighted by Gasteiger charge is -2.18. The third-order valence-corrected chi connectivity index (χ3v) is 4.23. The first-order valence-electron chi connectivity index (χ1n) is 8.12. The van der Waals surface area contributed by atoms with E-state index in [1.54, 1.807) is 0 Å². The van der Waals surface area contributed by atoms with Crippen LogP contribution < -0.4 is 5.73 Å². The maximum Gasteiger partial charge on any atom is 0.314 e. The number of aliphatic hydroxyl groups is 2. The zero-order valence-electron chi connectivity index (χ0n) is 13.8. The van der Waals surface area contributed by atoms with Crippen molar-refractivity contribution < 1.29 is 24.5 Å². The predicted molar refractivity (Wildman–Crippen MR) is 86.1 cm³/mol. The molecule has 136 valence electrons. The van der Waals surface area contributed by atoms with Crippen molar-refractivity contribution in [3.63, 3.8) is 0 Å². The van der Waals surface area contributed by atoms with Crippen LogP contribution >= 0.6 is 0 Å². The molecule has 3 heterocycles. The van der Waals surface area contributed by atoms with Crippen molar-refractivity contribution >= 4 is 23.0 Å². The number of fused-ring (bicyclic) bond motifs is 1. The molecule has 4 N–H and O–H groups in total. The van der Waals surface area contributed by atoms with Crippen LogP contribution in [0.3, 0.4) is 0 Å². The van der Waals surface area contributed by atoms with Crippen LogP contribution in [-0.2, 0) is 14.3 Å². The number of carbonyl (C=O) groups is 1. The Bertz CT molecular complexity index is 751. The molecular weight excluding hydrogens is 330 g/mol. The molecule has 2 aromatic rings. The van der Waals surface area contributed by atoms with E-state index in [4.69, 9.17) is 15.2 Å². The normalized spacial score (nSPS) is 26.2. The zero-order chi connectivity index (χ0) is 18.0. The lowest BCUT2D eigenvalue weighted by atomic mass is 9.98. The van der Waals surface area contributed by atoms with Crippen LogP contribution in [0.4, 0.5) is 5.82 Å². The predicted octanol–water partition coefficient (Wildman–Crippen LogP) is -0.381. The molecule has 1 unspecified atom stereocenters. The smallest absolute Gasteiger partial charge is 0.314 e. The minimum Gasteiger partial charge on any atom is -0.465 e. The molecular formula is C15H21N5O5. The van der Waals surface area contributed by atoms with Crippen LogP contribution in [0.25, 0.3) is 11.2 Å². The highest BCUT2D eigenvalue weighted by molar-refractivity contribution is 5.81. The largest absolute Gasteiger partial charge is 0.465 e. The molecule has 0 aromatic carbocycles. The van der Waals surface area contributed by atoms with Crippen LogP contribution in [0.2, 0.25) is 0 Å². The van der Waals surface area contributed by atoms with E-state index in [2.05, 4.69) is 15.0 Å². The lowest BCUT2D eigenvalue weighted by molar-refractivity contribution is -0.153. The molecule has 1 aliphatic rings. The highest BCUT2D eigenvalue weighted by atomic mass is 16.6. The van der Waals surface area contributed by atoms with Crippen LogP contribution in [-0.4, -0.2) is 61.1 Å². The molecule has 1 fully saturated rings. The zero-order valence-corrected chi connectivity index (χ0v) is 13.8. The molecule has 0 saturated carbocycles. The van der Waals surface area contributed by atoms with Gasteiger partial charge in [-0.25, -0.2) is 15.0 Å². The van der Waals surface area contributed by atoms with Gasteiger partial charge in [-0.05, 0) is 6.42 Å². The molecule has 1 aliphatic heterocycles. The van der Waals surface area contributed by atoms with Gasteiger partial charge in [-0.3, -0.25) is 9.36 Å². The second-order valence-corrected chi connectivity index (χ2v) is 5.87. The summed E-state index contributed by atoms with van der Waals surface area (Å²) in [6, 6.07) is 0. The summed E-state index contributed by atoms with van der Waals surface area (Å²) in [5.74, 6) is -1.39. The Balaban J connectivity index is 1.85. The molecule has 2 aromatic heterocycles. The molecule has 4 atom stereocenters. The van der Waals surface area contributed by atoms with Crippen molar-refractivity contribution in [3.8, 4) is 0 Å². The van der Waals surface area contributed by atoms with Gasteiger partial charge in [0, 0.05) is 0 Å². The summed E-state index contributed by atoms with van der Waals surface area (Å²) in [5, 5.41) is 20.2. The third-order valence-electron chi connectivity index (χ3n) is 4.23. The van der Waals surface area contributed by atoms with Crippen molar-refractivity contribution in [1.29, 1.82) is 0 Å². The van der Waals surface area contributed by atoms with Crippen molar-refractivity contribution in [2.75, 3.05) is 18.9 Å². The summed E-state index contributed by atoms with van der Waals surface area (Å²) in [4.78, 5) is 24.4. The standard InChI is InChI=1S/C15H21N5O5/c1-2-3-4-24-15(23)9-8(5-21)25-14(11(9)22)20-7-19-10-12(16)17-6-18-13(10)20/h6-9,11,14,21-22H,2-5H2,1H3,(H2,16,17,18)/t8-,9-,11-,14?/m1/s1. The average molecular weight is 351 g/mol. The number of rotatable bonds is 6. The molecule has 10 heteroatoms. The topological polar surface area (TPSA) is 146 Å². The van der Waals surface area contributed by atoms with Crippen LogP contribution in [0, 0.1) is 5.92 Å². The van der Waals surface area contributed by atoms with Gasteiger partial charge in [0.25, 0.3) is 0 Å². The first-order valence-corrected chi connectivity index (χ1v) is 8.12. The van der Waals surface area contributed by atoms with E-state index in [0.29, 0.717) is 11.2 Å². The summed E-state index contributed by atoms with van der Waals surface area (Å²) < 4.78 is 12.3. The van der Waals surface area contributed by atoms with Crippen molar-refractivity contribution in [1.82, 2.24) is 19.5 Å². The van der Waals surface area contributed by atoms with Gasteiger partial charge in [0.1, 0.15) is 23.9 Å². The summed E-state index contributed by atoms with van der Waals surface area (Å²) in [5.41, 5.74) is 6.49. The monoisotopic (exact) mass is 351 g/mol. The van der Waals surface area contributed by atoms with E-state index in [-0.39, 0.29) is 12.4 Å². The number of carbonyl (C=O) groups excluding carboxylic acids is 1. The number of nitrogen functional groups attached to an aromatic ring is 1. The Kier molecular flexibility index (Phi) is 5.11. The summed E-state index contributed by atoms with van der Waals surface area (Å²) in [6.45, 7) is 1.82. The van der Waals surface area contributed by atoms with Crippen LogP contribution in [0.1, 0.15) is 26.0 Å². The van der Waals surface area contributed by atoms with Crippen molar-refractivity contribution in [2.24, 2.45) is 5.92 Å². The first kappa shape index (κ1) is 17.5. The second kappa shape index (κ2) is 7.30. The number of anilines is 1. The van der Waals surface area contributed by atoms with Gasteiger partial charge in [0.2, 0.25) is 0 Å². The third kappa shape index (κ3) is 3.15. The summed E-state index contributed by atoms with van der Waals surface area (Å²) in [6.07, 6.45) is 1.24. The number of nitrogens with zero attached hydrogens (tertiary/aromatic N) is 4. The van der Waals surface area contributed by atoms with Gasteiger partial charge in [-0.2, -0.15) is 0 Å². The van der Waals surface area contributed by atoms with Gasteiger partial charge in [0.15, 0.2) is 17.7 Å². The molecule has 3 rings (SSSR count).